The van der Waals surface area contributed by atoms with Crippen molar-refractivity contribution in [3.05, 3.63) is 83.4 Å². The van der Waals surface area contributed by atoms with Crippen molar-refractivity contribution >= 4 is 28.9 Å². The van der Waals surface area contributed by atoms with Crippen LogP contribution < -0.4 is 10.2 Å². The van der Waals surface area contributed by atoms with Crippen molar-refractivity contribution in [3.8, 4) is 0 Å². The van der Waals surface area contributed by atoms with Crippen molar-refractivity contribution in [3.63, 3.8) is 0 Å². The highest BCUT2D eigenvalue weighted by Crippen LogP contribution is 2.22. The highest BCUT2D eigenvalue weighted by Gasteiger charge is 2.11. The highest BCUT2D eigenvalue weighted by molar-refractivity contribution is 6.33. The molecular weight excluding hydrogens is 348 g/mol. The molecule has 1 amide bonds. The molecule has 0 aliphatic heterocycles. The van der Waals surface area contributed by atoms with E-state index < -0.39 is 0 Å². The maximum atomic E-state index is 12.5. The first kappa shape index (κ1) is 17.9. The van der Waals surface area contributed by atoms with Crippen LogP contribution >= 0.6 is 11.6 Å². The van der Waals surface area contributed by atoms with Crippen molar-refractivity contribution in [2.45, 2.75) is 6.42 Å². The monoisotopic (exact) mass is 366 g/mol. The topological polar surface area (TPSA) is 58.1 Å². The molecule has 0 saturated carbocycles. The van der Waals surface area contributed by atoms with Crippen LogP contribution in [0.3, 0.4) is 0 Å². The van der Waals surface area contributed by atoms with Gasteiger partial charge in [0, 0.05) is 32.2 Å². The first-order valence-corrected chi connectivity index (χ1v) is 8.62. The van der Waals surface area contributed by atoms with Gasteiger partial charge in [-0.05, 0) is 42.3 Å². The Kier molecular flexibility index (Phi) is 5.81. The number of halogens is 1. The Bertz CT molecular complexity index is 886. The largest absolute Gasteiger partial charge is 0.373 e. The summed E-state index contributed by atoms with van der Waals surface area (Å²) in [5.41, 5.74) is 3.16. The Labute approximate surface area is 157 Å². The molecule has 3 rings (SSSR count). The molecule has 2 aromatic heterocycles. The van der Waals surface area contributed by atoms with E-state index in [1.807, 2.05) is 37.4 Å². The Balaban J connectivity index is 1.67. The van der Waals surface area contributed by atoms with Gasteiger partial charge in [0.1, 0.15) is 0 Å². The van der Waals surface area contributed by atoms with Crippen LogP contribution in [0.15, 0.2) is 67.3 Å². The van der Waals surface area contributed by atoms with Crippen LogP contribution in [-0.4, -0.2) is 29.5 Å². The van der Waals surface area contributed by atoms with E-state index in [9.17, 15) is 4.79 Å². The smallest absolute Gasteiger partial charge is 0.257 e. The molecule has 3 aromatic rings. The molecule has 0 radical (unpaired) electrons. The lowest BCUT2D eigenvalue weighted by Crippen LogP contribution is -2.21. The predicted octanol–water partition coefficient (Wildman–Crippen LogP) is 4.06. The number of carbonyl (C=O) groups excluding carboxylic acids is 1. The summed E-state index contributed by atoms with van der Waals surface area (Å²) in [6, 6.07) is 13.0. The lowest BCUT2D eigenvalue weighted by Gasteiger charge is -2.19. The van der Waals surface area contributed by atoms with Gasteiger partial charge in [-0.15, -0.1) is 0 Å². The summed E-state index contributed by atoms with van der Waals surface area (Å²) in [6.45, 7) is 0.807. The zero-order valence-electron chi connectivity index (χ0n) is 14.4. The Morgan fingerprint density at radius 3 is 2.65 bits per heavy atom. The number of anilines is 2. The van der Waals surface area contributed by atoms with E-state index in [0.29, 0.717) is 16.3 Å². The van der Waals surface area contributed by atoms with E-state index in [1.165, 1.54) is 5.56 Å². The van der Waals surface area contributed by atoms with Gasteiger partial charge < -0.3 is 10.2 Å². The Morgan fingerprint density at radius 1 is 1.12 bits per heavy atom. The Morgan fingerprint density at radius 2 is 1.88 bits per heavy atom. The molecule has 26 heavy (non-hydrogen) atoms. The number of nitrogens with one attached hydrogen (secondary N) is 1. The van der Waals surface area contributed by atoms with E-state index in [-0.39, 0.29) is 5.91 Å². The van der Waals surface area contributed by atoms with E-state index >= 15 is 0 Å². The van der Waals surface area contributed by atoms with Crippen molar-refractivity contribution in [1.29, 1.82) is 0 Å². The molecular formula is C20H19ClN4O. The van der Waals surface area contributed by atoms with E-state index in [1.54, 1.807) is 36.9 Å². The normalized spacial score (nSPS) is 10.4. The molecule has 1 N–H and O–H groups in total. The molecule has 1 aromatic carbocycles. The first-order chi connectivity index (χ1) is 12.6. The minimum atomic E-state index is -0.241. The molecule has 0 atom stereocenters. The maximum Gasteiger partial charge on any atom is 0.257 e. The summed E-state index contributed by atoms with van der Waals surface area (Å²) in [6.07, 6.45) is 7.76. The van der Waals surface area contributed by atoms with Gasteiger partial charge in [-0.3, -0.25) is 14.8 Å². The summed E-state index contributed by atoms with van der Waals surface area (Å²) >= 11 is 6.09. The molecule has 0 aliphatic rings. The fourth-order valence-corrected chi connectivity index (χ4v) is 2.68. The third-order valence-electron chi connectivity index (χ3n) is 4.03. The van der Waals surface area contributed by atoms with Crippen LogP contribution in [0.4, 0.5) is 11.4 Å². The molecule has 0 fully saturated rings. The fraction of sp³-hybridized carbons (Fsp3) is 0.150. The number of likely N-dealkylation sites (N-methyl/N-ethyl adjacent to an activating group) is 1. The van der Waals surface area contributed by atoms with Crippen LogP contribution in [0.5, 0.6) is 0 Å². The second kappa shape index (κ2) is 8.45. The first-order valence-electron chi connectivity index (χ1n) is 8.24. The number of carbonyl (C=O) groups is 1. The summed E-state index contributed by atoms with van der Waals surface area (Å²) < 4.78 is 0. The van der Waals surface area contributed by atoms with Gasteiger partial charge in [0.2, 0.25) is 0 Å². The average Bonchev–Trinajstić information content (AvgIpc) is 2.69. The minimum Gasteiger partial charge on any atom is -0.373 e. The quantitative estimate of drug-likeness (QED) is 0.714. The van der Waals surface area contributed by atoms with Crippen molar-refractivity contribution < 1.29 is 4.79 Å². The van der Waals surface area contributed by atoms with Crippen LogP contribution in [0, 0.1) is 0 Å². The standard InChI is InChI=1S/C20H19ClN4O/c1-25(11-8-15-6-9-22-10-7-15)17-12-16(13-23-14-17)20(26)24-19-5-3-2-4-18(19)21/h2-7,9-10,12-14H,8,11H2,1H3,(H,24,26). The number of para-hydroxylation sites is 1. The van der Waals surface area contributed by atoms with Gasteiger partial charge in [0.05, 0.1) is 28.2 Å². The average molecular weight is 367 g/mol. The Hall–Kier alpha value is -2.92. The third-order valence-corrected chi connectivity index (χ3v) is 4.36. The van der Waals surface area contributed by atoms with Crippen molar-refractivity contribution in [2.24, 2.45) is 0 Å². The number of amides is 1. The van der Waals surface area contributed by atoms with Gasteiger partial charge in [-0.2, -0.15) is 0 Å². The van der Waals surface area contributed by atoms with Crippen LogP contribution in [0.2, 0.25) is 5.02 Å². The van der Waals surface area contributed by atoms with Gasteiger partial charge in [0.25, 0.3) is 5.91 Å². The molecule has 0 bridgehead atoms. The molecule has 132 valence electrons. The summed E-state index contributed by atoms with van der Waals surface area (Å²) in [7, 11) is 1.98. The summed E-state index contributed by atoms with van der Waals surface area (Å²) in [5, 5.41) is 3.31. The van der Waals surface area contributed by atoms with Gasteiger partial charge in [-0.25, -0.2) is 0 Å². The number of hydrogen-bond donors (Lipinski definition) is 1. The number of pyridine rings is 2. The molecule has 2 heterocycles. The number of rotatable bonds is 6. The van der Waals surface area contributed by atoms with Crippen LogP contribution in [-0.2, 0) is 6.42 Å². The number of hydrogen-bond acceptors (Lipinski definition) is 4. The van der Waals surface area contributed by atoms with Gasteiger partial charge in [-0.1, -0.05) is 23.7 Å². The van der Waals surface area contributed by atoms with Crippen molar-refractivity contribution in [2.75, 3.05) is 23.8 Å². The second-order valence-corrected chi connectivity index (χ2v) is 6.30. The third kappa shape index (κ3) is 4.58. The fourth-order valence-electron chi connectivity index (χ4n) is 2.49. The minimum absolute atomic E-state index is 0.241. The second-order valence-electron chi connectivity index (χ2n) is 5.89. The number of aromatic nitrogens is 2. The van der Waals surface area contributed by atoms with Gasteiger partial charge >= 0.3 is 0 Å². The van der Waals surface area contributed by atoms with E-state index in [2.05, 4.69) is 20.2 Å². The lowest BCUT2D eigenvalue weighted by molar-refractivity contribution is 0.102. The van der Waals surface area contributed by atoms with Crippen molar-refractivity contribution in [1.82, 2.24) is 9.97 Å². The molecule has 6 heteroatoms. The molecule has 0 spiro atoms. The lowest BCUT2D eigenvalue weighted by atomic mass is 10.2. The number of nitrogens with zero attached hydrogens (tertiary/aromatic N) is 3. The highest BCUT2D eigenvalue weighted by atomic mass is 35.5. The van der Waals surface area contributed by atoms with Gasteiger partial charge in [0.15, 0.2) is 0 Å². The molecule has 0 saturated heterocycles. The molecule has 0 aliphatic carbocycles. The van der Waals surface area contributed by atoms with E-state index in [4.69, 9.17) is 11.6 Å². The maximum absolute atomic E-state index is 12.5. The zero-order chi connectivity index (χ0) is 18.4. The van der Waals surface area contributed by atoms with E-state index in [0.717, 1.165) is 18.7 Å². The predicted molar refractivity (Wildman–Crippen MR) is 105 cm³/mol. The zero-order valence-corrected chi connectivity index (χ0v) is 15.1. The number of benzene rings is 1. The molecule has 0 unspecified atom stereocenters. The van der Waals surface area contributed by atoms with Crippen LogP contribution in [0.25, 0.3) is 0 Å². The SMILES string of the molecule is CN(CCc1ccncc1)c1cncc(C(=O)Nc2ccccc2Cl)c1. The summed E-state index contributed by atoms with van der Waals surface area (Å²) in [5.74, 6) is -0.241. The van der Waals surface area contributed by atoms with Crippen LogP contribution in [0.1, 0.15) is 15.9 Å². The molecule has 5 nitrogen and oxygen atoms in total. The summed E-state index contributed by atoms with van der Waals surface area (Å²) in [4.78, 5) is 22.8.